The molecule has 0 radical (unpaired) electrons. The molecule has 108 valence electrons. The number of hydrogen-bond donors (Lipinski definition) is 2. The highest BCUT2D eigenvalue weighted by Gasteiger charge is 2.12. The number of aryl methyl sites for hydroxylation is 1. The van der Waals surface area contributed by atoms with Crippen molar-refractivity contribution in [2.75, 3.05) is 5.32 Å². The fourth-order valence-corrected chi connectivity index (χ4v) is 2.16. The summed E-state index contributed by atoms with van der Waals surface area (Å²) < 4.78 is 28.8. The summed E-state index contributed by atoms with van der Waals surface area (Å²) in [7, 11) is -3.82. The van der Waals surface area contributed by atoms with Gasteiger partial charge in [-0.2, -0.15) is 0 Å². The first-order valence-corrected chi connectivity index (χ1v) is 7.50. The van der Waals surface area contributed by atoms with Crippen molar-refractivity contribution in [3.8, 4) is 0 Å². The smallest absolute Gasteiger partial charge is 0.271 e. The van der Waals surface area contributed by atoms with E-state index in [0.717, 1.165) is 5.69 Å². The Kier molecular flexibility index (Phi) is 3.96. The monoisotopic (exact) mass is 297 g/mol. The molecule has 0 aliphatic carbocycles. The standard InChI is InChI=1S/C12H15N3O4S/c1-2-15-8-9(3-5-11(15)16)14-7-10-4-6-12(19-10)20(13,17)18/h3-6,8,14H,2,7H2,1H3,(H2,13,17,18). The van der Waals surface area contributed by atoms with Gasteiger partial charge in [0, 0.05) is 18.8 Å². The zero-order valence-corrected chi connectivity index (χ0v) is 11.7. The Morgan fingerprint density at radius 2 is 2.05 bits per heavy atom. The molecule has 2 heterocycles. The van der Waals surface area contributed by atoms with Gasteiger partial charge >= 0.3 is 0 Å². The molecule has 20 heavy (non-hydrogen) atoms. The number of nitrogens with two attached hydrogens (primary N) is 1. The summed E-state index contributed by atoms with van der Waals surface area (Å²) >= 11 is 0. The second-order valence-electron chi connectivity index (χ2n) is 4.16. The normalized spacial score (nSPS) is 11.5. The number of aromatic nitrogens is 1. The maximum atomic E-state index is 11.4. The molecule has 7 nitrogen and oxygen atoms in total. The molecule has 0 saturated carbocycles. The number of nitrogens with zero attached hydrogens (tertiary/aromatic N) is 1. The minimum absolute atomic E-state index is 0.0763. The third-order valence-corrected chi connectivity index (χ3v) is 3.49. The molecule has 0 spiro atoms. The first kappa shape index (κ1) is 14.4. The highest BCUT2D eigenvalue weighted by atomic mass is 32.2. The summed E-state index contributed by atoms with van der Waals surface area (Å²) in [4.78, 5) is 11.4. The van der Waals surface area contributed by atoms with Gasteiger partial charge in [-0.25, -0.2) is 13.6 Å². The molecule has 0 fully saturated rings. The molecular formula is C12H15N3O4S. The van der Waals surface area contributed by atoms with Crippen molar-refractivity contribution in [3.63, 3.8) is 0 Å². The Labute approximate surface area is 116 Å². The van der Waals surface area contributed by atoms with Crippen LogP contribution in [0.4, 0.5) is 5.69 Å². The van der Waals surface area contributed by atoms with Gasteiger partial charge in [0.2, 0.25) is 5.09 Å². The third-order valence-electron chi connectivity index (χ3n) is 2.71. The van der Waals surface area contributed by atoms with Gasteiger partial charge in [0.1, 0.15) is 5.76 Å². The number of sulfonamides is 1. The van der Waals surface area contributed by atoms with E-state index >= 15 is 0 Å². The van der Waals surface area contributed by atoms with Gasteiger partial charge in [-0.3, -0.25) is 4.79 Å². The van der Waals surface area contributed by atoms with Gasteiger partial charge < -0.3 is 14.3 Å². The first-order valence-electron chi connectivity index (χ1n) is 5.96. The quantitative estimate of drug-likeness (QED) is 0.845. The maximum absolute atomic E-state index is 11.4. The van der Waals surface area contributed by atoms with Crippen LogP contribution >= 0.6 is 0 Å². The average molecular weight is 297 g/mol. The molecule has 0 aliphatic heterocycles. The van der Waals surface area contributed by atoms with Crippen LogP contribution in [0.15, 0.2) is 44.8 Å². The molecule has 0 aliphatic rings. The highest BCUT2D eigenvalue weighted by molar-refractivity contribution is 7.89. The lowest BCUT2D eigenvalue weighted by Gasteiger charge is -2.07. The fourth-order valence-electron chi connectivity index (χ4n) is 1.68. The van der Waals surface area contributed by atoms with E-state index in [1.54, 1.807) is 16.8 Å². The van der Waals surface area contributed by atoms with Gasteiger partial charge in [-0.15, -0.1) is 0 Å². The number of furan rings is 1. The molecule has 2 aromatic heterocycles. The van der Waals surface area contributed by atoms with Crippen LogP contribution in [0.5, 0.6) is 0 Å². The van der Waals surface area contributed by atoms with E-state index in [1.165, 1.54) is 18.2 Å². The lowest BCUT2D eigenvalue weighted by atomic mass is 10.3. The van der Waals surface area contributed by atoms with Crippen LogP contribution < -0.4 is 16.0 Å². The van der Waals surface area contributed by atoms with Gasteiger partial charge in [0.15, 0.2) is 0 Å². The van der Waals surface area contributed by atoms with Crippen molar-refractivity contribution >= 4 is 15.7 Å². The SMILES string of the molecule is CCn1cc(NCc2ccc(S(N)(=O)=O)o2)ccc1=O. The van der Waals surface area contributed by atoms with E-state index in [-0.39, 0.29) is 17.2 Å². The third kappa shape index (κ3) is 3.28. The van der Waals surface area contributed by atoms with Crippen LogP contribution in [0, 0.1) is 0 Å². The van der Waals surface area contributed by atoms with Crippen molar-refractivity contribution in [1.82, 2.24) is 4.57 Å². The van der Waals surface area contributed by atoms with Crippen LogP contribution in [0.25, 0.3) is 0 Å². The van der Waals surface area contributed by atoms with E-state index < -0.39 is 10.0 Å². The summed E-state index contributed by atoms with van der Waals surface area (Å²) in [6.07, 6.45) is 1.69. The molecule has 0 bridgehead atoms. The molecular weight excluding hydrogens is 282 g/mol. The van der Waals surface area contributed by atoms with Gasteiger partial charge in [-0.1, -0.05) is 0 Å². The minimum atomic E-state index is -3.82. The second-order valence-corrected chi connectivity index (χ2v) is 5.65. The van der Waals surface area contributed by atoms with Crippen LogP contribution in [0.3, 0.4) is 0 Å². The van der Waals surface area contributed by atoms with E-state index in [4.69, 9.17) is 9.56 Å². The van der Waals surface area contributed by atoms with Crippen LogP contribution in [-0.4, -0.2) is 13.0 Å². The molecule has 2 rings (SSSR count). The number of anilines is 1. The van der Waals surface area contributed by atoms with Crippen molar-refractivity contribution < 1.29 is 12.8 Å². The molecule has 0 amide bonds. The summed E-state index contributed by atoms with van der Waals surface area (Å²) in [6.45, 7) is 2.73. The van der Waals surface area contributed by atoms with E-state index in [1.807, 2.05) is 6.92 Å². The molecule has 0 atom stereocenters. The minimum Gasteiger partial charge on any atom is -0.446 e. The van der Waals surface area contributed by atoms with E-state index in [9.17, 15) is 13.2 Å². The zero-order chi connectivity index (χ0) is 14.8. The topological polar surface area (TPSA) is 107 Å². The number of hydrogen-bond acceptors (Lipinski definition) is 5. The Bertz CT molecular complexity index is 761. The zero-order valence-electron chi connectivity index (χ0n) is 10.9. The van der Waals surface area contributed by atoms with Crippen LogP contribution in [0.1, 0.15) is 12.7 Å². The lowest BCUT2D eigenvalue weighted by Crippen LogP contribution is -2.17. The predicted octanol–water partition coefficient (Wildman–Crippen LogP) is 0.721. The second kappa shape index (κ2) is 5.51. The number of nitrogens with one attached hydrogen (secondary N) is 1. The summed E-state index contributed by atoms with van der Waals surface area (Å²) in [5.74, 6) is 0.434. The number of rotatable bonds is 5. The summed E-state index contributed by atoms with van der Waals surface area (Å²) in [5.41, 5.74) is 0.660. The molecule has 2 aromatic rings. The van der Waals surface area contributed by atoms with Crippen LogP contribution in [0.2, 0.25) is 0 Å². The highest BCUT2D eigenvalue weighted by Crippen LogP contribution is 2.14. The van der Waals surface area contributed by atoms with Crippen molar-refractivity contribution in [2.24, 2.45) is 5.14 Å². The van der Waals surface area contributed by atoms with E-state index in [2.05, 4.69) is 5.32 Å². The maximum Gasteiger partial charge on any atom is 0.271 e. The van der Waals surface area contributed by atoms with E-state index in [0.29, 0.717) is 12.3 Å². The van der Waals surface area contributed by atoms with Gasteiger partial charge in [-0.05, 0) is 25.1 Å². The van der Waals surface area contributed by atoms with Crippen molar-refractivity contribution in [3.05, 3.63) is 46.6 Å². The largest absolute Gasteiger partial charge is 0.446 e. The fraction of sp³-hybridized carbons (Fsp3) is 0.250. The van der Waals surface area contributed by atoms with Crippen molar-refractivity contribution in [2.45, 2.75) is 25.1 Å². The Balaban J connectivity index is 2.09. The molecule has 3 N–H and O–H groups in total. The van der Waals surface area contributed by atoms with Crippen LogP contribution in [-0.2, 0) is 23.1 Å². The Hall–Kier alpha value is -2.06. The van der Waals surface area contributed by atoms with Crippen molar-refractivity contribution in [1.29, 1.82) is 0 Å². The number of pyridine rings is 1. The predicted molar refractivity (Wildman–Crippen MR) is 73.8 cm³/mol. The summed E-state index contributed by atoms with van der Waals surface area (Å²) in [6, 6.07) is 5.95. The lowest BCUT2D eigenvalue weighted by molar-refractivity contribution is 0.419. The molecule has 0 saturated heterocycles. The Morgan fingerprint density at radius 1 is 1.30 bits per heavy atom. The molecule has 0 aromatic carbocycles. The average Bonchev–Trinajstić information content (AvgIpc) is 2.86. The molecule has 0 unspecified atom stereocenters. The van der Waals surface area contributed by atoms with Gasteiger partial charge in [0.25, 0.3) is 15.6 Å². The summed E-state index contributed by atoms with van der Waals surface area (Å²) in [5, 5.41) is 7.72. The Morgan fingerprint density at radius 3 is 2.65 bits per heavy atom. The molecule has 8 heteroatoms. The number of primary sulfonamides is 1. The first-order chi connectivity index (χ1) is 9.40. The van der Waals surface area contributed by atoms with Gasteiger partial charge in [0.05, 0.1) is 12.2 Å².